The quantitative estimate of drug-likeness (QED) is 0.641. The maximum atomic E-state index is 11.6. The number of hydrogen-bond acceptors (Lipinski definition) is 3. The molecule has 13 heavy (non-hydrogen) atoms. The van der Waals surface area contributed by atoms with Gasteiger partial charge in [0.25, 0.3) is 5.91 Å². The molecule has 0 saturated carbocycles. The lowest BCUT2D eigenvalue weighted by Gasteiger charge is -2.28. The second kappa shape index (κ2) is 2.96. The summed E-state index contributed by atoms with van der Waals surface area (Å²) in [5, 5.41) is 0. The number of hydroxylamine groups is 1. The molecule has 1 amide bonds. The van der Waals surface area contributed by atoms with Gasteiger partial charge in [-0.2, -0.15) is 0 Å². The summed E-state index contributed by atoms with van der Waals surface area (Å²) in [6.45, 7) is 1.95. The van der Waals surface area contributed by atoms with E-state index in [0.717, 1.165) is 19.3 Å². The smallest absolute Gasteiger partial charge is 0.252 e. The summed E-state index contributed by atoms with van der Waals surface area (Å²) in [5.74, 6) is -0.0535. The Labute approximate surface area is 77.5 Å². The van der Waals surface area contributed by atoms with E-state index in [1.165, 1.54) is 7.11 Å². The van der Waals surface area contributed by atoms with E-state index in [1.807, 2.05) is 6.92 Å². The molecule has 2 bridgehead atoms. The average molecular weight is 185 g/mol. The fraction of sp³-hybridized carbons (Fsp3) is 0.889. The Morgan fingerprint density at radius 3 is 2.85 bits per heavy atom. The minimum atomic E-state index is -0.376. The number of nitrogens with one attached hydrogen (secondary N) is 1. The summed E-state index contributed by atoms with van der Waals surface area (Å²) in [7, 11) is 1.45. The average Bonchev–Trinajstić information content (AvgIpc) is 2.64. The highest BCUT2D eigenvalue weighted by molar-refractivity contribution is 5.82. The molecule has 3 atom stereocenters. The van der Waals surface area contributed by atoms with Gasteiger partial charge < -0.3 is 4.74 Å². The number of ether oxygens (including phenoxy) is 1. The lowest BCUT2D eigenvalue weighted by molar-refractivity contribution is -0.144. The number of rotatable bonds is 2. The van der Waals surface area contributed by atoms with Crippen LogP contribution in [0.2, 0.25) is 0 Å². The van der Waals surface area contributed by atoms with Gasteiger partial charge in [0, 0.05) is 0 Å². The maximum absolute atomic E-state index is 11.6. The van der Waals surface area contributed by atoms with Gasteiger partial charge in [-0.25, -0.2) is 5.48 Å². The molecule has 3 unspecified atom stereocenters. The first-order valence-electron chi connectivity index (χ1n) is 4.65. The third-order valence-electron chi connectivity index (χ3n) is 3.18. The summed E-state index contributed by atoms with van der Waals surface area (Å²) < 4.78 is 5.64. The van der Waals surface area contributed by atoms with Crippen LogP contribution in [0.1, 0.15) is 26.2 Å². The van der Waals surface area contributed by atoms with E-state index in [4.69, 9.17) is 4.74 Å². The lowest BCUT2D eigenvalue weighted by Crippen LogP contribution is -2.44. The molecule has 1 N–H and O–H groups in total. The van der Waals surface area contributed by atoms with E-state index >= 15 is 0 Å². The molecular weight excluding hydrogens is 170 g/mol. The maximum Gasteiger partial charge on any atom is 0.252 e. The predicted octanol–water partition coefficient (Wildman–Crippen LogP) is 0.622. The third kappa shape index (κ3) is 1.25. The van der Waals surface area contributed by atoms with Gasteiger partial charge in [0.05, 0.1) is 24.7 Å². The Hall–Kier alpha value is -0.610. The Balaban J connectivity index is 2.08. The zero-order valence-corrected chi connectivity index (χ0v) is 8.00. The van der Waals surface area contributed by atoms with Crippen LogP contribution in [0.5, 0.6) is 0 Å². The third-order valence-corrected chi connectivity index (χ3v) is 3.18. The van der Waals surface area contributed by atoms with Crippen LogP contribution in [0.4, 0.5) is 0 Å². The molecule has 0 aromatic heterocycles. The van der Waals surface area contributed by atoms with Crippen LogP contribution in [0.25, 0.3) is 0 Å². The van der Waals surface area contributed by atoms with Crippen molar-refractivity contribution in [2.24, 2.45) is 5.41 Å². The number of hydrogen-bond donors (Lipinski definition) is 1. The van der Waals surface area contributed by atoms with Crippen LogP contribution in [0, 0.1) is 5.41 Å². The van der Waals surface area contributed by atoms with E-state index in [9.17, 15) is 4.79 Å². The number of carbonyl (C=O) groups is 1. The van der Waals surface area contributed by atoms with Crippen LogP contribution in [0.3, 0.4) is 0 Å². The molecule has 4 nitrogen and oxygen atoms in total. The van der Waals surface area contributed by atoms with Gasteiger partial charge in [-0.15, -0.1) is 0 Å². The highest BCUT2D eigenvalue weighted by Crippen LogP contribution is 2.47. The fourth-order valence-corrected chi connectivity index (χ4v) is 2.38. The van der Waals surface area contributed by atoms with Crippen molar-refractivity contribution >= 4 is 5.91 Å². The zero-order chi connectivity index (χ0) is 9.47. The van der Waals surface area contributed by atoms with Gasteiger partial charge in [0.1, 0.15) is 0 Å². The van der Waals surface area contributed by atoms with Crippen LogP contribution in [-0.2, 0) is 14.4 Å². The second-order valence-electron chi connectivity index (χ2n) is 4.08. The van der Waals surface area contributed by atoms with Crippen LogP contribution in [0.15, 0.2) is 0 Å². The number of fused-ring (bicyclic) bond motifs is 2. The van der Waals surface area contributed by atoms with Crippen molar-refractivity contribution < 1.29 is 14.4 Å². The molecule has 0 aromatic rings. The van der Waals surface area contributed by atoms with Crippen molar-refractivity contribution in [3.05, 3.63) is 0 Å². The zero-order valence-electron chi connectivity index (χ0n) is 8.00. The fourth-order valence-electron chi connectivity index (χ4n) is 2.38. The Bertz CT molecular complexity index is 231. The van der Waals surface area contributed by atoms with Gasteiger partial charge in [0.2, 0.25) is 0 Å². The standard InChI is InChI=1S/C9H15NO3/c1-9(8(11)10-12-2)5-6-3-4-7(9)13-6/h6-7H,3-5H2,1-2H3,(H,10,11). The summed E-state index contributed by atoms with van der Waals surface area (Å²) in [6, 6.07) is 0. The first-order chi connectivity index (χ1) is 6.16. The molecule has 4 heteroatoms. The minimum absolute atomic E-state index is 0.0535. The highest BCUT2D eigenvalue weighted by atomic mass is 16.6. The highest BCUT2D eigenvalue weighted by Gasteiger charge is 2.53. The molecule has 74 valence electrons. The van der Waals surface area contributed by atoms with E-state index in [1.54, 1.807) is 0 Å². The minimum Gasteiger partial charge on any atom is -0.374 e. The summed E-state index contributed by atoms with van der Waals surface area (Å²) in [6.07, 6.45) is 3.30. The van der Waals surface area contributed by atoms with Gasteiger partial charge in [-0.05, 0) is 26.2 Å². The Morgan fingerprint density at radius 2 is 2.38 bits per heavy atom. The molecular formula is C9H15NO3. The van der Waals surface area contributed by atoms with Gasteiger partial charge in [-0.1, -0.05) is 0 Å². The predicted molar refractivity (Wildman–Crippen MR) is 45.8 cm³/mol. The molecule has 0 aliphatic carbocycles. The molecule has 0 aromatic carbocycles. The van der Waals surface area contributed by atoms with Crippen molar-refractivity contribution in [1.29, 1.82) is 0 Å². The van der Waals surface area contributed by atoms with Crippen LogP contribution >= 0.6 is 0 Å². The Morgan fingerprint density at radius 1 is 1.62 bits per heavy atom. The van der Waals surface area contributed by atoms with Crippen LogP contribution in [-0.4, -0.2) is 25.2 Å². The van der Waals surface area contributed by atoms with E-state index in [-0.39, 0.29) is 23.5 Å². The first-order valence-corrected chi connectivity index (χ1v) is 4.65. The van der Waals surface area contributed by atoms with Gasteiger partial charge >= 0.3 is 0 Å². The summed E-state index contributed by atoms with van der Waals surface area (Å²) in [5.41, 5.74) is 2.02. The van der Waals surface area contributed by atoms with Crippen molar-refractivity contribution in [2.45, 2.75) is 38.4 Å². The summed E-state index contributed by atoms with van der Waals surface area (Å²) in [4.78, 5) is 16.3. The van der Waals surface area contributed by atoms with Crippen molar-refractivity contribution in [3.8, 4) is 0 Å². The molecule has 2 saturated heterocycles. The molecule has 2 aliphatic rings. The lowest BCUT2D eigenvalue weighted by atomic mass is 9.75. The second-order valence-corrected chi connectivity index (χ2v) is 4.08. The first kappa shape index (κ1) is 8.97. The van der Waals surface area contributed by atoms with Crippen molar-refractivity contribution in [2.75, 3.05) is 7.11 Å². The van der Waals surface area contributed by atoms with Crippen molar-refractivity contribution in [1.82, 2.24) is 5.48 Å². The van der Waals surface area contributed by atoms with E-state index in [0.29, 0.717) is 0 Å². The van der Waals surface area contributed by atoms with E-state index in [2.05, 4.69) is 10.3 Å². The molecule has 2 fully saturated rings. The summed E-state index contributed by atoms with van der Waals surface area (Å²) >= 11 is 0. The molecule has 0 radical (unpaired) electrons. The van der Waals surface area contributed by atoms with Crippen molar-refractivity contribution in [3.63, 3.8) is 0 Å². The SMILES string of the molecule is CONC(=O)C1(C)CC2CCC1O2. The molecule has 2 aliphatic heterocycles. The largest absolute Gasteiger partial charge is 0.374 e. The molecule has 2 heterocycles. The topological polar surface area (TPSA) is 47.6 Å². The molecule has 2 rings (SSSR count). The Kier molecular flexibility index (Phi) is 2.04. The van der Waals surface area contributed by atoms with E-state index < -0.39 is 0 Å². The van der Waals surface area contributed by atoms with Gasteiger partial charge in [0.15, 0.2) is 0 Å². The van der Waals surface area contributed by atoms with Crippen LogP contribution < -0.4 is 5.48 Å². The monoisotopic (exact) mass is 185 g/mol. The normalized spacial score (nSPS) is 42.3. The number of carbonyl (C=O) groups excluding carboxylic acids is 1. The number of amides is 1. The molecule has 0 spiro atoms. The van der Waals surface area contributed by atoms with Gasteiger partial charge in [-0.3, -0.25) is 9.63 Å².